The second-order valence-electron chi connectivity index (χ2n) is 9.14. The van der Waals surface area contributed by atoms with Gasteiger partial charge in [-0.2, -0.15) is 5.26 Å². The highest BCUT2D eigenvalue weighted by Gasteiger charge is 2.41. The molecule has 1 aromatic heterocycles. The van der Waals surface area contributed by atoms with Gasteiger partial charge in [0.1, 0.15) is 12.2 Å². The molecule has 4 rings (SSSR count). The number of para-hydroxylation sites is 1. The molecule has 4 atom stereocenters. The first-order chi connectivity index (χ1) is 16.5. The van der Waals surface area contributed by atoms with Crippen molar-refractivity contribution < 1.29 is 19.8 Å². The van der Waals surface area contributed by atoms with E-state index in [-0.39, 0.29) is 17.8 Å². The quantitative estimate of drug-likeness (QED) is 0.493. The number of carbonyl (C=O) groups is 2. The zero-order valence-corrected chi connectivity index (χ0v) is 19.8. The van der Waals surface area contributed by atoms with Crippen molar-refractivity contribution in [2.24, 2.45) is 11.8 Å². The molecule has 34 heavy (non-hydrogen) atoms. The Labute approximate surface area is 203 Å². The van der Waals surface area contributed by atoms with Crippen LogP contribution in [0.25, 0.3) is 0 Å². The molecule has 1 aromatic carbocycles. The highest BCUT2D eigenvalue weighted by molar-refractivity contribution is 7.09. The van der Waals surface area contributed by atoms with Crippen LogP contribution in [-0.2, 0) is 9.59 Å². The molecule has 9 heteroatoms. The van der Waals surface area contributed by atoms with Gasteiger partial charge < -0.3 is 20.4 Å². The molecule has 180 valence electrons. The number of piperidine rings is 1. The lowest BCUT2D eigenvalue weighted by molar-refractivity contribution is -0.148. The lowest BCUT2D eigenvalue weighted by atomic mass is 9.87. The van der Waals surface area contributed by atoms with E-state index in [1.54, 1.807) is 12.3 Å². The number of hydrogen-bond acceptors (Lipinski definition) is 8. The molecule has 3 N–H and O–H groups in total. The third-order valence-corrected chi connectivity index (χ3v) is 8.03. The van der Waals surface area contributed by atoms with Gasteiger partial charge in [-0.05, 0) is 49.7 Å². The lowest BCUT2D eigenvalue weighted by Gasteiger charge is -2.34. The first kappa shape index (κ1) is 24.3. The molecule has 0 bridgehead atoms. The summed E-state index contributed by atoms with van der Waals surface area (Å²) in [6, 6.07) is 9.73. The third-order valence-electron chi connectivity index (χ3n) is 7.12. The molecule has 2 aliphatic rings. The zero-order valence-electron chi connectivity index (χ0n) is 19.0. The second-order valence-corrected chi connectivity index (χ2v) is 10.1. The van der Waals surface area contributed by atoms with Gasteiger partial charge in [0.15, 0.2) is 0 Å². The number of anilines is 1. The first-order valence-corrected chi connectivity index (χ1v) is 12.7. The number of ketones is 1. The van der Waals surface area contributed by atoms with Crippen LogP contribution in [0.5, 0.6) is 0 Å². The summed E-state index contributed by atoms with van der Waals surface area (Å²) in [5.74, 6) is -1.94. The van der Waals surface area contributed by atoms with Gasteiger partial charge in [-0.15, -0.1) is 11.3 Å². The van der Waals surface area contributed by atoms with Crippen molar-refractivity contribution in [1.82, 2.24) is 10.3 Å². The Hall–Kier alpha value is -2.80. The number of nitrogens with zero attached hydrogens (tertiary/aromatic N) is 3. The van der Waals surface area contributed by atoms with Gasteiger partial charge in [0.2, 0.25) is 0 Å². The minimum Gasteiger partial charge on any atom is -0.390 e. The monoisotopic (exact) mass is 482 g/mol. The maximum atomic E-state index is 12.5. The number of amides is 1. The molecule has 8 nitrogen and oxygen atoms in total. The summed E-state index contributed by atoms with van der Waals surface area (Å²) in [7, 11) is 0. The van der Waals surface area contributed by atoms with E-state index in [4.69, 9.17) is 0 Å². The number of nitriles is 1. The number of aliphatic hydroxyl groups excluding tert-OH is 2. The molecular formula is C25H30N4O4S. The smallest absolute Gasteiger partial charge is 0.290 e. The van der Waals surface area contributed by atoms with Crippen LogP contribution in [0.2, 0.25) is 0 Å². The number of thiazole rings is 1. The summed E-state index contributed by atoms with van der Waals surface area (Å²) in [5.41, 5.74) is 1.56. The van der Waals surface area contributed by atoms with Crippen molar-refractivity contribution in [1.29, 1.82) is 5.26 Å². The average Bonchev–Trinajstić information content (AvgIpc) is 3.58. The second kappa shape index (κ2) is 11.1. The van der Waals surface area contributed by atoms with Gasteiger partial charge in [-0.25, -0.2) is 4.98 Å². The minimum absolute atomic E-state index is 0.00291. The van der Waals surface area contributed by atoms with Gasteiger partial charge >= 0.3 is 0 Å². The van der Waals surface area contributed by atoms with Crippen LogP contribution in [0.15, 0.2) is 35.8 Å². The standard InChI is InChI=1S/C25H30N4O4S/c26-14-17-4-1-2-7-20(17)29-11-8-16(9-12-29)15-28-24(33)23(32)22(31)21(30)18-5-3-6-19(18)25-27-10-13-34-25/h1-2,4,7,10,13,16,18-19,21-22,30-31H,3,5-6,8-9,11-12,15H2,(H,28,33)/t18?,19?,21?,22-/m0/s1. The van der Waals surface area contributed by atoms with E-state index in [0.717, 1.165) is 49.5 Å². The Bertz CT molecular complexity index is 1030. The van der Waals surface area contributed by atoms with Crippen LogP contribution in [0, 0.1) is 23.2 Å². The number of aromatic nitrogens is 1. The van der Waals surface area contributed by atoms with Crippen LogP contribution in [0.4, 0.5) is 5.69 Å². The lowest BCUT2D eigenvalue weighted by Crippen LogP contribution is -2.48. The molecule has 0 radical (unpaired) electrons. The fourth-order valence-corrected chi connectivity index (χ4v) is 6.04. The van der Waals surface area contributed by atoms with E-state index >= 15 is 0 Å². The summed E-state index contributed by atoms with van der Waals surface area (Å²) >= 11 is 1.50. The van der Waals surface area contributed by atoms with Gasteiger partial charge in [-0.3, -0.25) is 9.59 Å². The van der Waals surface area contributed by atoms with Crippen LogP contribution >= 0.6 is 11.3 Å². The molecule has 1 aliphatic heterocycles. The van der Waals surface area contributed by atoms with E-state index in [0.29, 0.717) is 18.5 Å². The number of nitrogens with one attached hydrogen (secondary N) is 1. The topological polar surface area (TPSA) is 127 Å². The molecule has 0 spiro atoms. The molecule has 1 amide bonds. The van der Waals surface area contributed by atoms with Crippen molar-refractivity contribution >= 4 is 28.7 Å². The predicted molar refractivity (Wildman–Crippen MR) is 128 cm³/mol. The highest BCUT2D eigenvalue weighted by Crippen LogP contribution is 2.42. The van der Waals surface area contributed by atoms with Crippen molar-refractivity contribution in [2.75, 3.05) is 24.5 Å². The summed E-state index contributed by atoms with van der Waals surface area (Å²) < 4.78 is 0. The number of aliphatic hydroxyl groups is 2. The van der Waals surface area contributed by atoms with E-state index in [1.165, 1.54) is 11.3 Å². The van der Waals surface area contributed by atoms with Crippen molar-refractivity contribution in [3.8, 4) is 6.07 Å². The van der Waals surface area contributed by atoms with Crippen LogP contribution in [-0.4, -0.2) is 58.7 Å². The molecule has 2 fully saturated rings. The minimum atomic E-state index is -1.74. The predicted octanol–water partition coefficient (Wildman–Crippen LogP) is 2.22. The number of Topliss-reactive ketones (excluding diaryl/α,β-unsaturated/α-hetero) is 1. The summed E-state index contributed by atoms with van der Waals surface area (Å²) in [6.45, 7) is 1.86. The maximum absolute atomic E-state index is 12.5. The van der Waals surface area contributed by atoms with Crippen molar-refractivity contribution in [3.63, 3.8) is 0 Å². The number of hydrogen-bond donors (Lipinski definition) is 3. The Kier molecular flexibility index (Phi) is 7.93. The fourth-order valence-electron chi connectivity index (χ4n) is 5.19. The Balaban J connectivity index is 1.25. The third kappa shape index (κ3) is 5.30. The van der Waals surface area contributed by atoms with Gasteiger partial charge in [-0.1, -0.05) is 18.6 Å². The molecule has 1 saturated heterocycles. The summed E-state index contributed by atoms with van der Waals surface area (Å²) in [5, 5.41) is 35.9. The fraction of sp³-hybridized carbons (Fsp3) is 0.520. The van der Waals surface area contributed by atoms with Crippen LogP contribution < -0.4 is 10.2 Å². The van der Waals surface area contributed by atoms with Gasteiger partial charge in [0.05, 0.1) is 22.4 Å². The SMILES string of the molecule is N#Cc1ccccc1N1CCC(CNC(=O)C(=O)[C@@H](O)C(O)C2CCCC2c2nccs2)CC1. The highest BCUT2D eigenvalue weighted by atomic mass is 32.1. The molecule has 2 heterocycles. The average molecular weight is 483 g/mol. The van der Waals surface area contributed by atoms with Crippen LogP contribution in [0.3, 0.4) is 0 Å². The number of rotatable bonds is 8. The molecule has 1 aliphatic carbocycles. The Morgan fingerprint density at radius 1 is 1.21 bits per heavy atom. The number of benzene rings is 1. The Morgan fingerprint density at radius 3 is 2.68 bits per heavy atom. The first-order valence-electron chi connectivity index (χ1n) is 11.8. The number of carbonyl (C=O) groups excluding carboxylic acids is 2. The zero-order chi connectivity index (χ0) is 24.1. The van der Waals surface area contributed by atoms with E-state index in [9.17, 15) is 25.1 Å². The van der Waals surface area contributed by atoms with E-state index in [2.05, 4.69) is 21.3 Å². The van der Waals surface area contributed by atoms with Crippen LogP contribution in [0.1, 0.15) is 48.6 Å². The summed E-state index contributed by atoms with van der Waals surface area (Å²) in [4.78, 5) is 31.5. The van der Waals surface area contributed by atoms with Gasteiger partial charge in [0.25, 0.3) is 11.7 Å². The Morgan fingerprint density at radius 2 is 1.97 bits per heavy atom. The van der Waals surface area contributed by atoms with Gasteiger partial charge in [0, 0.05) is 37.1 Å². The molecular weight excluding hydrogens is 452 g/mol. The molecule has 3 unspecified atom stereocenters. The largest absolute Gasteiger partial charge is 0.390 e. The molecule has 2 aromatic rings. The van der Waals surface area contributed by atoms with Crippen molar-refractivity contribution in [3.05, 3.63) is 46.4 Å². The van der Waals surface area contributed by atoms with E-state index < -0.39 is 23.9 Å². The molecule has 1 saturated carbocycles. The normalized spacial score (nSPS) is 22.7. The maximum Gasteiger partial charge on any atom is 0.290 e. The van der Waals surface area contributed by atoms with Crippen molar-refractivity contribution in [2.45, 2.75) is 50.2 Å². The summed E-state index contributed by atoms with van der Waals surface area (Å²) in [6.07, 6.45) is 2.73. The van der Waals surface area contributed by atoms with E-state index in [1.807, 2.05) is 23.6 Å².